The number of amides is 1. The lowest BCUT2D eigenvalue weighted by Gasteiger charge is -2.10. The molecule has 2 aromatic rings. The fourth-order valence-electron chi connectivity index (χ4n) is 2.81. The summed E-state index contributed by atoms with van der Waals surface area (Å²) in [5.74, 6) is -0.650. The smallest absolute Gasteiger partial charge is 0.251 e. The summed E-state index contributed by atoms with van der Waals surface area (Å²) in [6.07, 6.45) is 2.12. The molecule has 4 nitrogen and oxygen atoms in total. The van der Waals surface area contributed by atoms with Crippen LogP contribution in [-0.4, -0.2) is 25.5 Å². The van der Waals surface area contributed by atoms with E-state index in [4.69, 9.17) is 4.74 Å². The third-order valence-corrected chi connectivity index (χ3v) is 4.24. The summed E-state index contributed by atoms with van der Waals surface area (Å²) >= 11 is 0. The number of hydrogen-bond donors (Lipinski definition) is 2. The molecule has 3 rings (SSSR count). The van der Waals surface area contributed by atoms with Gasteiger partial charge in [0.1, 0.15) is 11.6 Å². The van der Waals surface area contributed by atoms with Gasteiger partial charge in [0.05, 0.1) is 0 Å². The van der Waals surface area contributed by atoms with Crippen LogP contribution in [-0.2, 0) is 0 Å². The SMILES string of the molecule is O=C(NCCC1CCNC1)c1ccc(Oc2ccc(F)cc2F)cc1. The molecule has 0 aliphatic carbocycles. The summed E-state index contributed by atoms with van der Waals surface area (Å²) in [4.78, 5) is 12.1. The van der Waals surface area contributed by atoms with E-state index in [1.807, 2.05) is 0 Å². The quantitative estimate of drug-likeness (QED) is 0.842. The van der Waals surface area contributed by atoms with Gasteiger partial charge >= 0.3 is 0 Å². The van der Waals surface area contributed by atoms with Gasteiger partial charge in [-0.15, -0.1) is 0 Å². The van der Waals surface area contributed by atoms with E-state index in [-0.39, 0.29) is 11.7 Å². The Kier molecular flexibility index (Phi) is 5.60. The van der Waals surface area contributed by atoms with E-state index >= 15 is 0 Å². The second-order valence-electron chi connectivity index (χ2n) is 6.10. The van der Waals surface area contributed by atoms with Crippen molar-refractivity contribution in [3.63, 3.8) is 0 Å². The van der Waals surface area contributed by atoms with Crippen molar-refractivity contribution >= 4 is 5.91 Å². The van der Waals surface area contributed by atoms with E-state index in [0.717, 1.165) is 38.1 Å². The van der Waals surface area contributed by atoms with Crippen LogP contribution in [0.3, 0.4) is 0 Å². The molecule has 1 unspecified atom stereocenters. The average Bonchev–Trinajstić information content (AvgIpc) is 3.11. The Hall–Kier alpha value is -2.47. The Morgan fingerprint density at radius 3 is 2.68 bits per heavy atom. The van der Waals surface area contributed by atoms with Gasteiger partial charge in [0, 0.05) is 18.2 Å². The Bertz CT molecular complexity index is 729. The molecule has 1 heterocycles. The zero-order valence-electron chi connectivity index (χ0n) is 13.7. The van der Waals surface area contributed by atoms with E-state index < -0.39 is 11.6 Å². The topological polar surface area (TPSA) is 50.4 Å². The Morgan fingerprint density at radius 1 is 1.20 bits per heavy atom. The van der Waals surface area contributed by atoms with Crippen LogP contribution in [0.2, 0.25) is 0 Å². The molecule has 1 atom stereocenters. The van der Waals surface area contributed by atoms with Crippen LogP contribution in [0.4, 0.5) is 8.78 Å². The largest absolute Gasteiger partial charge is 0.454 e. The molecule has 0 bridgehead atoms. The predicted octanol–water partition coefficient (Wildman–Crippen LogP) is 3.49. The van der Waals surface area contributed by atoms with E-state index in [2.05, 4.69) is 10.6 Å². The lowest BCUT2D eigenvalue weighted by molar-refractivity contribution is 0.0951. The average molecular weight is 346 g/mol. The minimum atomic E-state index is -0.775. The highest BCUT2D eigenvalue weighted by Crippen LogP contribution is 2.25. The van der Waals surface area contributed by atoms with E-state index in [9.17, 15) is 13.6 Å². The van der Waals surface area contributed by atoms with Crippen LogP contribution in [0.5, 0.6) is 11.5 Å². The van der Waals surface area contributed by atoms with Crippen molar-refractivity contribution in [1.29, 1.82) is 0 Å². The molecule has 1 fully saturated rings. The van der Waals surface area contributed by atoms with Gasteiger partial charge in [-0.05, 0) is 68.2 Å². The third-order valence-electron chi connectivity index (χ3n) is 4.24. The Labute approximate surface area is 145 Å². The van der Waals surface area contributed by atoms with Crippen LogP contribution < -0.4 is 15.4 Å². The number of carbonyl (C=O) groups excluding carboxylic acids is 1. The second kappa shape index (κ2) is 8.07. The van der Waals surface area contributed by atoms with Crippen LogP contribution >= 0.6 is 0 Å². The fraction of sp³-hybridized carbons (Fsp3) is 0.316. The second-order valence-corrected chi connectivity index (χ2v) is 6.10. The van der Waals surface area contributed by atoms with Crippen LogP contribution in [0, 0.1) is 17.6 Å². The summed E-state index contributed by atoms with van der Waals surface area (Å²) < 4.78 is 31.8. The molecule has 0 aromatic heterocycles. The first-order valence-electron chi connectivity index (χ1n) is 8.34. The van der Waals surface area contributed by atoms with Crippen molar-refractivity contribution in [3.05, 3.63) is 59.7 Å². The van der Waals surface area contributed by atoms with Gasteiger partial charge in [0.25, 0.3) is 5.91 Å². The molecule has 1 aliphatic rings. The van der Waals surface area contributed by atoms with Crippen molar-refractivity contribution in [1.82, 2.24) is 10.6 Å². The van der Waals surface area contributed by atoms with Crippen LogP contribution in [0.1, 0.15) is 23.2 Å². The molecule has 1 saturated heterocycles. The maximum Gasteiger partial charge on any atom is 0.251 e. The van der Waals surface area contributed by atoms with E-state index in [1.54, 1.807) is 24.3 Å². The normalized spacial score (nSPS) is 16.6. The summed E-state index contributed by atoms with van der Waals surface area (Å²) in [6.45, 7) is 2.71. The van der Waals surface area contributed by atoms with Crippen LogP contribution in [0.25, 0.3) is 0 Å². The first-order valence-corrected chi connectivity index (χ1v) is 8.34. The number of benzene rings is 2. The first-order chi connectivity index (χ1) is 12.1. The van der Waals surface area contributed by atoms with Gasteiger partial charge in [-0.3, -0.25) is 4.79 Å². The Balaban J connectivity index is 1.53. The number of nitrogens with one attached hydrogen (secondary N) is 2. The van der Waals surface area contributed by atoms with Gasteiger partial charge in [-0.2, -0.15) is 0 Å². The molecule has 2 aromatic carbocycles. The van der Waals surface area contributed by atoms with Crippen molar-refractivity contribution in [2.75, 3.05) is 19.6 Å². The summed E-state index contributed by atoms with van der Waals surface area (Å²) in [5, 5.41) is 6.20. The summed E-state index contributed by atoms with van der Waals surface area (Å²) in [6, 6.07) is 9.50. The number of carbonyl (C=O) groups is 1. The first kappa shape index (κ1) is 17.4. The molecule has 1 aliphatic heterocycles. The molecular formula is C19H20F2N2O2. The molecule has 0 radical (unpaired) electrons. The molecular weight excluding hydrogens is 326 g/mol. The van der Waals surface area contributed by atoms with Gasteiger partial charge in [-0.1, -0.05) is 0 Å². The maximum atomic E-state index is 13.6. The Morgan fingerprint density at radius 2 is 2.00 bits per heavy atom. The zero-order chi connectivity index (χ0) is 17.6. The third kappa shape index (κ3) is 4.76. The predicted molar refractivity (Wildman–Crippen MR) is 90.8 cm³/mol. The van der Waals surface area contributed by atoms with Gasteiger partial charge in [0.15, 0.2) is 11.6 Å². The number of rotatable bonds is 6. The number of halogens is 2. The summed E-state index contributed by atoms with van der Waals surface area (Å²) in [5.41, 5.74) is 0.511. The molecule has 132 valence electrons. The molecule has 6 heteroatoms. The number of ether oxygens (including phenoxy) is 1. The molecule has 0 saturated carbocycles. The van der Waals surface area contributed by atoms with Crippen molar-refractivity contribution in [2.24, 2.45) is 5.92 Å². The molecule has 0 spiro atoms. The maximum absolute atomic E-state index is 13.6. The standard InChI is InChI=1S/C19H20F2N2O2/c20-15-3-6-18(17(21)11-15)25-16-4-1-14(2-5-16)19(24)23-10-8-13-7-9-22-12-13/h1-6,11,13,22H,7-10,12H2,(H,23,24). The van der Waals surface area contributed by atoms with Crippen LogP contribution in [0.15, 0.2) is 42.5 Å². The monoisotopic (exact) mass is 346 g/mol. The fourth-order valence-corrected chi connectivity index (χ4v) is 2.81. The lowest BCUT2D eigenvalue weighted by Crippen LogP contribution is -2.26. The molecule has 25 heavy (non-hydrogen) atoms. The highest BCUT2D eigenvalue weighted by Gasteiger charge is 2.14. The minimum Gasteiger partial charge on any atom is -0.454 e. The van der Waals surface area contributed by atoms with Crippen molar-refractivity contribution in [3.8, 4) is 11.5 Å². The van der Waals surface area contributed by atoms with Crippen molar-refractivity contribution in [2.45, 2.75) is 12.8 Å². The number of hydrogen-bond acceptors (Lipinski definition) is 3. The van der Waals surface area contributed by atoms with E-state index in [1.165, 1.54) is 6.07 Å². The highest BCUT2D eigenvalue weighted by molar-refractivity contribution is 5.94. The lowest BCUT2D eigenvalue weighted by atomic mass is 10.1. The van der Waals surface area contributed by atoms with E-state index in [0.29, 0.717) is 23.8 Å². The molecule has 1 amide bonds. The van der Waals surface area contributed by atoms with Gasteiger partial charge in [-0.25, -0.2) is 8.78 Å². The molecule has 2 N–H and O–H groups in total. The van der Waals surface area contributed by atoms with Crippen molar-refractivity contribution < 1.29 is 18.3 Å². The van der Waals surface area contributed by atoms with Gasteiger partial charge in [0.2, 0.25) is 0 Å². The minimum absolute atomic E-state index is 0.0659. The summed E-state index contributed by atoms with van der Waals surface area (Å²) in [7, 11) is 0. The highest BCUT2D eigenvalue weighted by atomic mass is 19.1. The zero-order valence-corrected chi connectivity index (χ0v) is 13.7. The van der Waals surface area contributed by atoms with Gasteiger partial charge < -0.3 is 15.4 Å².